The van der Waals surface area contributed by atoms with Gasteiger partial charge < -0.3 is 4.74 Å². The van der Waals surface area contributed by atoms with Gasteiger partial charge in [0.1, 0.15) is 5.75 Å². The van der Waals surface area contributed by atoms with E-state index in [0.717, 1.165) is 6.42 Å². The second-order valence-corrected chi connectivity index (χ2v) is 4.40. The molecule has 17 heavy (non-hydrogen) atoms. The van der Waals surface area contributed by atoms with Crippen molar-refractivity contribution in [1.29, 1.82) is 0 Å². The fourth-order valence-corrected chi connectivity index (χ4v) is 1.82. The quantitative estimate of drug-likeness (QED) is 0.403. The monoisotopic (exact) mass is 234 g/mol. The maximum atomic E-state index is 10.7. The number of carbonyl (C=O) groups excluding carboxylic acids is 1. The normalized spacial score (nSPS) is 10.2. The van der Waals surface area contributed by atoms with Crippen LogP contribution in [0.15, 0.2) is 24.3 Å². The summed E-state index contributed by atoms with van der Waals surface area (Å²) in [4.78, 5) is 10.7. The molecule has 0 spiro atoms. The molecule has 0 aliphatic carbocycles. The standard InChI is InChI=1S/C15H22O2/c1-3-4-5-6-7-8-14-9-11-15(12-10-14)17-13(2)16/h9-12H,3-8H2,1-2H3. The predicted octanol–water partition coefficient (Wildman–Crippen LogP) is 4.12. The second-order valence-electron chi connectivity index (χ2n) is 4.40. The van der Waals surface area contributed by atoms with E-state index in [1.165, 1.54) is 44.6 Å². The van der Waals surface area contributed by atoms with Gasteiger partial charge in [-0.25, -0.2) is 0 Å². The minimum absolute atomic E-state index is 0.266. The SMILES string of the molecule is CCCCCCCc1ccc(OC(C)=O)cc1. The summed E-state index contributed by atoms with van der Waals surface area (Å²) in [6, 6.07) is 7.81. The Hall–Kier alpha value is -1.31. The first-order valence-electron chi connectivity index (χ1n) is 6.49. The Kier molecular flexibility index (Phi) is 6.38. The van der Waals surface area contributed by atoms with Crippen LogP contribution in [0.3, 0.4) is 0 Å². The highest BCUT2D eigenvalue weighted by atomic mass is 16.5. The molecule has 0 aliphatic rings. The molecular weight excluding hydrogens is 212 g/mol. The third-order valence-corrected chi connectivity index (χ3v) is 2.75. The molecule has 1 aromatic carbocycles. The van der Waals surface area contributed by atoms with Gasteiger partial charge in [0.15, 0.2) is 0 Å². The van der Waals surface area contributed by atoms with Crippen molar-refractivity contribution in [2.24, 2.45) is 0 Å². The van der Waals surface area contributed by atoms with Gasteiger partial charge in [-0.2, -0.15) is 0 Å². The average molecular weight is 234 g/mol. The third-order valence-electron chi connectivity index (χ3n) is 2.75. The molecule has 0 atom stereocenters. The number of hydrogen-bond donors (Lipinski definition) is 0. The number of benzene rings is 1. The van der Waals surface area contributed by atoms with Gasteiger partial charge in [0.2, 0.25) is 0 Å². The maximum Gasteiger partial charge on any atom is 0.308 e. The summed E-state index contributed by atoms with van der Waals surface area (Å²) in [6.45, 7) is 3.65. The molecule has 0 aromatic heterocycles. The van der Waals surface area contributed by atoms with Crippen LogP contribution in [0.1, 0.15) is 51.5 Å². The molecule has 0 N–H and O–H groups in total. The molecule has 94 valence electrons. The van der Waals surface area contributed by atoms with E-state index in [1.54, 1.807) is 0 Å². The third kappa shape index (κ3) is 6.10. The van der Waals surface area contributed by atoms with Crippen molar-refractivity contribution < 1.29 is 9.53 Å². The lowest BCUT2D eigenvalue weighted by atomic mass is 10.1. The molecule has 2 heteroatoms. The summed E-state index contributed by atoms with van der Waals surface area (Å²) in [7, 11) is 0. The van der Waals surface area contributed by atoms with Gasteiger partial charge in [-0.1, -0.05) is 44.7 Å². The van der Waals surface area contributed by atoms with Gasteiger partial charge in [-0.05, 0) is 30.5 Å². The molecular formula is C15H22O2. The van der Waals surface area contributed by atoms with Crippen LogP contribution >= 0.6 is 0 Å². The lowest BCUT2D eigenvalue weighted by molar-refractivity contribution is -0.131. The number of unbranched alkanes of at least 4 members (excludes halogenated alkanes) is 4. The van der Waals surface area contributed by atoms with Gasteiger partial charge in [-0.15, -0.1) is 0 Å². The smallest absolute Gasteiger partial charge is 0.308 e. The Morgan fingerprint density at radius 3 is 2.29 bits per heavy atom. The summed E-state index contributed by atoms with van der Waals surface area (Å²) in [5.74, 6) is 0.365. The molecule has 1 aromatic rings. The van der Waals surface area contributed by atoms with Crippen LogP contribution in [-0.2, 0) is 11.2 Å². The molecule has 0 bridgehead atoms. The van der Waals surface area contributed by atoms with Gasteiger partial charge >= 0.3 is 5.97 Å². The van der Waals surface area contributed by atoms with Crippen molar-refractivity contribution in [3.8, 4) is 5.75 Å². The van der Waals surface area contributed by atoms with Crippen molar-refractivity contribution in [3.05, 3.63) is 29.8 Å². The molecule has 0 unspecified atom stereocenters. The number of esters is 1. The fraction of sp³-hybridized carbons (Fsp3) is 0.533. The van der Waals surface area contributed by atoms with E-state index in [4.69, 9.17) is 4.74 Å². The summed E-state index contributed by atoms with van der Waals surface area (Å²) in [5.41, 5.74) is 1.32. The maximum absolute atomic E-state index is 10.7. The van der Waals surface area contributed by atoms with Crippen LogP contribution in [0.5, 0.6) is 5.75 Å². The van der Waals surface area contributed by atoms with Crippen LogP contribution < -0.4 is 4.74 Å². The molecule has 0 radical (unpaired) electrons. The zero-order valence-electron chi connectivity index (χ0n) is 10.9. The van der Waals surface area contributed by atoms with Crippen LogP contribution in [0.2, 0.25) is 0 Å². The van der Waals surface area contributed by atoms with Crippen molar-refractivity contribution in [1.82, 2.24) is 0 Å². The highest BCUT2D eigenvalue weighted by molar-refractivity contribution is 5.69. The molecule has 2 nitrogen and oxygen atoms in total. The van der Waals surface area contributed by atoms with Gasteiger partial charge in [0.25, 0.3) is 0 Å². The number of carbonyl (C=O) groups is 1. The van der Waals surface area contributed by atoms with Crippen molar-refractivity contribution in [3.63, 3.8) is 0 Å². The summed E-state index contributed by atoms with van der Waals surface area (Å²) < 4.78 is 4.99. The molecule has 0 heterocycles. The Balaban J connectivity index is 2.28. The van der Waals surface area contributed by atoms with Crippen LogP contribution in [0, 0.1) is 0 Å². The number of ether oxygens (including phenoxy) is 1. The van der Waals surface area contributed by atoms with Crippen LogP contribution in [0.4, 0.5) is 0 Å². The van der Waals surface area contributed by atoms with E-state index in [1.807, 2.05) is 24.3 Å². The lowest BCUT2D eigenvalue weighted by Gasteiger charge is -2.04. The molecule has 0 saturated heterocycles. The second kappa shape index (κ2) is 7.88. The van der Waals surface area contributed by atoms with Crippen molar-refractivity contribution in [2.75, 3.05) is 0 Å². The summed E-state index contributed by atoms with van der Waals surface area (Å²) in [5, 5.41) is 0. The number of aryl methyl sites for hydroxylation is 1. The Labute approximate surface area is 104 Å². The topological polar surface area (TPSA) is 26.3 Å². The van der Waals surface area contributed by atoms with E-state index in [2.05, 4.69) is 6.92 Å². The highest BCUT2D eigenvalue weighted by Crippen LogP contribution is 2.14. The Morgan fingerprint density at radius 2 is 1.71 bits per heavy atom. The molecule has 0 amide bonds. The average Bonchev–Trinajstić information content (AvgIpc) is 2.30. The van der Waals surface area contributed by atoms with E-state index in [-0.39, 0.29) is 5.97 Å². The van der Waals surface area contributed by atoms with Gasteiger partial charge in [0.05, 0.1) is 0 Å². The largest absolute Gasteiger partial charge is 0.427 e. The zero-order valence-corrected chi connectivity index (χ0v) is 10.9. The summed E-state index contributed by atoms with van der Waals surface area (Å²) in [6.07, 6.45) is 7.63. The first-order valence-corrected chi connectivity index (χ1v) is 6.49. The van der Waals surface area contributed by atoms with E-state index < -0.39 is 0 Å². The minimum Gasteiger partial charge on any atom is -0.427 e. The minimum atomic E-state index is -0.266. The predicted molar refractivity (Wildman–Crippen MR) is 70.2 cm³/mol. The Morgan fingerprint density at radius 1 is 1.06 bits per heavy atom. The molecule has 1 rings (SSSR count). The molecule has 0 saturated carbocycles. The van der Waals surface area contributed by atoms with Crippen molar-refractivity contribution in [2.45, 2.75) is 52.4 Å². The van der Waals surface area contributed by atoms with Gasteiger partial charge in [0, 0.05) is 6.92 Å². The first-order chi connectivity index (χ1) is 8.22. The van der Waals surface area contributed by atoms with Crippen molar-refractivity contribution >= 4 is 5.97 Å². The molecule has 0 aliphatic heterocycles. The van der Waals surface area contributed by atoms with E-state index >= 15 is 0 Å². The molecule has 0 fully saturated rings. The van der Waals surface area contributed by atoms with Crippen LogP contribution in [-0.4, -0.2) is 5.97 Å². The van der Waals surface area contributed by atoms with E-state index in [9.17, 15) is 4.79 Å². The van der Waals surface area contributed by atoms with Crippen LogP contribution in [0.25, 0.3) is 0 Å². The first kappa shape index (κ1) is 13.8. The Bertz CT molecular complexity index is 327. The summed E-state index contributed by atoms with van der Waals surface area (Å²) >= 11 is 0. The number of hydrogen-bond acceptors (Lipinski definition) is 2. The number of rotatable bonds is 7. The fourth-order valence-electron chi connectivity index (χ4n) is 1.82. The lowest BCUT2D eigenvalue weighted by Crippen LogP contribution is -2.01. The van der Waals surface area contributed by atoms with Gasteiger partial charge in [-0.3, -0.25) is 4.79 Å². The highest BCUT2D eigenvalue weighted by Gasteiger charge is 1.98. The van der Waals surface area contributed by atoms with E-state index in [0.29, 0.717) is 5.75 Å². The zero-order chi connectivity index (χ0) is 12.5.